The van der Waals surface area contributed by atoms with Crippen LogP contribution in [0.3, 0.4) is 0 Å². The molecule has 0 unspecified atom stereocenters. The lowest BCUT2D eigenvalue weighted by molar-refractivity contribution is -0.0173. The molecule has 0 radical (unpaired) electrons. The van der Waals surface area contributed by atoms with Crippen LogP contribution in [-0.4, -0.2) is 35.0 Å². The van der Waals surface area contributed by atoms with Gasteiger partial charge in [-0.3, -0.25) is 4.79 Å². The summed E-state index contributed by atoms with van der Waals surface area (Å²) in [4.78, 5) is 14.1. The molecule has 5 aliphatic rings. The summed E-state index contributed by atoms with van der Waals surface area (Å²) >= 11 is 1.71. The first-order valence-electron chi connectivity index (χ1n) is 11.5. The minimum absolute atomic E-state index is 0. The van der Waals surface area contributed by atoms with E-state index in [1.807, 2.05) is 0 Å². The topological polar surface area (TPSA) is 90.4 Å². The van der Waals surface area contributed by atoms with Crippen molar-refractivity contribution in [1.82, 2.24) is 10.5 Å². The molecule has 30 heavy (non-hydrogen) atoms. The van der Waals surface area contributed by atoms with E-state index in [1.165, 1.54) is 51.4 Å². The molecule has 5 fully saturated rings. The molecular formula is C22H34ClN3O3S. The molecule has 5 saturated carbocycles. The van der Waals surface area contributed by atoms with E-state index in [9.17, 15) is 4.79 Å². The highest BCUT2D eigenvalue weighted by molar-refractivity contribution is 8.00. The van der Waals surface area contributed by atoms with Gasteiger partial charge in [0.05, 0.1) is 0 Å². The number of carbonyl (C=O) groups is 1. The number of rotatable bonds is 7. The Morgan fingerprint density at radius 2 is 1.77 bits per heavy atom. The highest BCUT2D eigenvalue weighted by atomic mass is 35.5. The molecule has 4 bridgehead atoms. The van der Waals surface area contributed by atoms with Crippen molar-refractivity contribution in [3.8, 4) is 5.88 Å². The Morgan fingerprint density at radius 1 is 1.13 bits per heavy atom. The summed E-state index contributed by atoms with van der Waals surface area (Å²) in [5.41, 5.74) is 5.57. The van der Waals surface area contributed by atoms with Gasteiger partial charge in [-0.2, -0.15) is 0 Å². The molecule has 1 heterocycles. The first kappa shape index (κ1) is 22.3. The monoisotopic (exact) mass is 455 g/mol. The van der Waals surface area contributed by atoms with Crippen molar-refractivity contribution in [3.05, 3.63) is 5.76 Å². The third-order valence-electron chi connectivity index (χ3n) is 7.44. The molecule has 0 spiro atoms. The van der Waals surface area contributed by atoms with Gasteiger partial charge >= 0.3 is 0 Å². The maximum Gasteiger partial charge on any atom is 0.291 e. The third kappa shape index (κ3) is 4.49. The molecule has 0 aromatic carbocycles. The molecule has 6 rings (SSSR count). The lowest BCUT2D eigenvalue weighted by atomic mass is 9.53. The van der Waals surface area contributed by atoms with Gasteiger partial charge in [0.2, 0.25) is 5.76 Å². The van der Waals surface area contributed by atoms with E-state index < -0.39 is 0 Å². The van der Waals surface area contributed by atoms with Crippen molar-refractivity contribution >= 4 is 30.1 Å². The number of amides is 1. The second-order valence-electron chi connectivity index (χ2n) is 9.81. The van der Waals surface area contributed by atoms with E-state index in [1.54, 1.807) is 11.8 Å². The second-order valence-corrected chi connectivity index (χ2v) is 11.1. The molecule has 1 aromatic heterocycles. The number of hydrogen-bond acceptors (Lipinski definition) is 6. The van der Waals surface area contributed by atoms with E-state index in [0.717, 1.165) is 41.9 Å². The Kier molecular flexibility index (Phi) is 6.90. The zero-order chi connectivity index (χ0) is 19.8. The van der Waals surface area contributed by atoms with Crippen LogP contribution in [0.2, 0.25) is 0 Å². The number of thioether (sulfide) groups is 1. The predicted molar refractivity (Wildman–Crippen MR) is 119 cm³/mol. The maximum atomic E-state index is 13.3. The molecule has 1 amide bonds. The first-order chi connectivity index (χ1) is 14.1. The Balaban J connectivity index is 0.00000218. The van der Waals surface area contributed by atoms with Gasteiger partial charge in [-0.25, -0.2) is 0 Å². The first-order valence-corrected chi connectivity index (χ1v) is 12.3. The Morgan fingerprint density at radius 3 is 2.37 bits per heavy atom. The van der Waals surface area contributed by atoms with Gasteiger partial charge in [-0.05, 0) is 74.3 Å². The lowest BCUT2D eigenvalue weighted by Gasteiger charge is -2.56. The predicted octanol–water partition coefficient (Wildman–Crippen LogP) is 4.56. The number of nitrogens with two attached hydrogens (primary N) is 1. The summed E-state index contributed by atoms with van der Waals surface area (Å²) in [6.07, 6.45) is 13.6. The van der Waals surface area contributed by atoms with E-state index in [-0.39, 0.29) is 23.9 Å². The minimum atomic E-state index is -0.111. The minimum Gasteiger partial charge on any atom is -0.473 e. The van der Waals surface area contributed by atoms with Gasteiger partial charge in [-0.15, -0.1) is 24.2 Å². The summed E-state index contributed by atoms with van der Waals surface area (Å²) in [5.74, 6) is 3.02. The number of aromatic nitrogens is 1. The van der Waals surface area contributed by atoms with Crippen molar-refractivity contribution < 1.29 is 14.1 Å². The number of nitrogens with one attached hydrogen (secondary N) is 1. The fraction of sp³-hybridized carbons (Fsp3) is 0.818. The van der Waals surface area contributed by atoms with Crippen LogP contribution >= 0.6 is 24.2 Å². The van der Waals surface area contributed by atoms with Crippen molar-refractivity contribution in [2.75, 3.05) is 13.2 Å². The maximum absolute atomic E-state index is 13.3. The summed E-state index contributed by atoms with van der Waals surface area (Å²) in [6.45, 7) is 0.788. The van der Waals surface area contributed by atoms with Crippen LogP contribution in [0.15, 0.2) is 9.42 Å². The fourth-order valence-corrected chi connectivity index (χ4v) is 8.01. The van der Waals surface area contributed by atoms with Gasteiger partial charge in [0.25, 0.3) is 11.8 Å². The molecule has 8 heteroatoms. The standard InChI is InChI=1S/C22H33N3O3S.ClH/c23-6-7-27-21-19(29-17-4-2-1-3-5-17)18(28-25-21)20(26)24-22-11-14-8-15(12-22)10-16(9-14)13-22;/h14-17H,1-13,23H2,(H,24,26);1H. The van der Waals surface area contributed by atoms with Crippen LogP contribution < -0.4 is 15.8 Å². The van der Waals surface area contributed by atoms with Gasteiger partial charge in [-0.1, -0.05) is 19.3 Å². The summed E-state index contributed by atoms with van der Waals surface area (Å²) in [6, 6.07) is 0. The summed E-state index contributed by atoms with van der Waals surface area (Å²) in [5, 5.41) is 8.02. The number of hydrogen-bond donors (Lipinski definition) is 2. The molecule has 0 saturated heterocycles. The SMILES string of the molecule is Cl.NCCOc1noc(C(=O)NC23CC4CC(CC(C4)C2)C3)c1SC1CCCCC1. The van der Waals surface area contributed by atoms with Crippen molar-refractivity contribution in [3.63, 3.8) is 0 Å². The van der Waals surface area contributed by atoms with E-state index in [2.05, 4.69) is 10.5 Å². The van der Waals surface area contributed by atoms with E-state index in [0.29, 0.717) is 30.0 Å². The second kappa shape index (κ2) is 9.29. The molecule has 5 aliphatic carbocycles. The molecule has 168 valence electrons. The molecular weight excluding hydrogens is 422 g/mol. The van der Waals surface area contributed by atoms with E-state index >= 15 is 0 Å². The number of ether oxygens (including phenoxy) is 1. The molecule has 1 aromatic rings. The smallest absolute Gasteiger partial charge is 0.291 e. The number of carbonyl (C=O) groups excluding carboxylic acids is 1. The van der Waals surface area contributed by atoms with Gasteiger partial charge < -0.3 is 20.3 Å². The Hall–Kier alpha value is -0.920. The van der Waals surface area contributed by atoms with Crippen LogP contribution in [0.5, 0.6) is 5.88 Å². The lowest BCUT2D eigenvalue weighted by Crippen LogP contribution is -2.59. The average Bonchev–Trinajstić information content (AvgIpc) is 3.08. The zero-order valence-electron chi connectivity index (χ0n) is 17.6. The average molecular weight is 456 g/mol. The highest BCUT2D eigenvalue weighted by Gasteiger charge is 2.52. The quantitative estimate of drug-likeness (QED) is 0.626. The number of nitrogens with zero attached hydrogens (tertiary/aromatic N) is 1. The molecule has 6 nitrogen and oxygen atoms in total. The van der Waals surface area contributed by atoms with Crippen LogP contribution in [0.4, 0.5) is 0 Å². The van der Waals surface area contributed by atoms with Crippen LogP contribution in [0.1, 0.15) is 81.2 Å². The highest BCUT2D eigenvalue weighted by Crippen LogP contribution is 2.55. The van der Waals surface area contributed by atoms with Gasteiger partial charge in [0.1, 0.15) is 11.5 Å². The van der Waals surface area contributed by atoms with Gasteiger partial charge in [0.15, 0.2) is 0 Å². The zero-order valence-corrected chi connectivity index (χ0v) is 19.2. The fourth-order valence-electron chi connectivity index (χ4n) is 6.67. The Bertz CT molecular complexity index is 715. The van der Waals surface area contributed by atoms with Crippen LogP contribution in [0.25, 0.3) is 0 Å². The van der Waals surface area contributed by atoms with Crippen molar-refractivity contribution in [1.29, 1.82) is 0 Å². The number of halogens is 1. The van der Waals surface area contributed by atoms with Crippen molar-refractivity contribution in [2.45, 2.75) is 86.3 Å². The van der Waals surface area contributed by atoms with Crippen molar-refractivity contribution in [2.24, 2.45) is 23.5 Å². The van der Waals surface area contributed by atoms with Gasteiger partial charge in [0, 0.05) is 17.3 Å². The molecule has 0 aliphatic heterocycles. The summed E-state index contributed by atoms with van der Waals surface area (Å²) in [7, 11) is 0. The Labute approximate surface area is 189 Å². The van der Waals surface area contributed by atoms with Crippen LogP contribution in [0, 0.1) is 17.8 Å². The third-order valence-corrected chi connectivity index (χ3v) is 8.84. The van der Waals surface area contributed by atoms with Crippen LogP contribution in [-0.2, 0) is 0 Å². The largest absolute Gasteiger partial charge is 0.473 e. The normalized spacial score (nSPS) is 32.6. The van der Waals surface area contributed by atoms with E-state index in [4.69, 9.17) is 15.0 Å². The molecule has 0 atom stereocenters. The summed E-state index contributed by atoms with van der Waals surface area (Å²) < 4.78 is 11.3. The molecule has 3 N–H and O–H groups in total.